The molecule has 1 atom stereocenters. The minimum absolute atomic E-state index is 0.0463. The zero-order valence-corrected chi connectivity index (χ0v) is 18.3. The average molecular weight is 430 g/mol. The Morgan fingerprint density at radius 3 is 2.84 bits per heavy atom. The van der Waals surface area contributed by atoms with Crippen molar-refractivity contribution in [2.75, 3.05) is 13.1 Å². The van der Waals surface area contributed by atoms with Gasteiger partial charge in [-0.1, -0.05) is 24.3 Å². The van der Waals surface area contributed by atoms with E-state index in [0.29, 0.717) is 22.6 Å². The zero-order valence-electron chi connectivity index (χ0n) is 18.3. The number of aromatic nitrogens is 4. The van der Waals surface area contributed by atoms with Gasteiger partial charge < -0.3 is 11.1 Å². The standard InChI is InChI=1S/C24H27N7O/c1-15(2)26-24(32)19-5-3-4-17-7-8-20(27-22(17)19)23-29-28-21-9-6-16(13-31(21)23)12-30-11-10-18(25)14-30/h3-9,13,15,18H,10-12,14,25H2,1-2H3,(H,26,32). The number of carbonyl (C=O) groups is 1. The number of pyridine rings is 2. The molecule has 3 N–H and O–H groups in total. The summed E-state index contributed by atoms with van der Waals surface area (Å²) in [5.74, 6) is 0.522. The van der Waals surface area contributed by atoms with Gasteiger partial charge in [0.1, 0.15) is 5.69 Å². The molecular formula is C24H27N7O. The Morgan fingerprint density at radius 2 is 2.06 bits per heavy atom. The van der Waals surface area contributed by atoms with Crippen molar-refractivity contribution in [1.29, 1.82) is 0 Å². The molecule has 4 heterocycles. The molecule has 4 aromatic rings. The molecule has 1 aliphatic rings. The van der Waals surface area contributed by atoms with E-state index < -0.39 is 0 Å². The Kier molecular flexibility index (Phi) is 5.32. The van der Waals surface area contributed by atoms with E-state index in [2.05, 4.69) is 32.7 Å². The minimum atomic E-state index is -0.132. The van der Waals surface area contributed by atoms with Gasteiger partial charge in [0.2, 0.25) is 0 Å². The molecule has 32 heavy (non-hydrogen) atoms. The average Bonchev–Trinajstić information content (AvgIpc) is 3.38. The van der Waals surface area contributed by atoms with Crippen molar-refractivity contribution in [3.05, 3.63) is 59.8 Å². The van der Waals surface area contributed by atoms with Gasteiger partial charge in [-0.25, -0.2) is 4.98 Å². The summed E-state index contributed by atoms with van der Waals surface area (Å²) < 4.78 is 1.97. The van der Waals surface area contributed by atoms with E-state index in [9.17, 15) is 4.79 Å². The van der Waals surface area contributed by atoms with Gasteiger partial charge in [0.05, 0.1) is 11.1 Å². The molecule has 5 rings (SSSR count). The van der Waals surface area contributed by atoms with Crippen LogP contribution in [0.3, 0.4) is 0 Å². The first-order valence-electron chi connectivity index (χ1n) is 11.0. The summed E-state index contributed by atoms with van der Waals surface area (Å²) in [5, 5.41) is 12.6. The molecule has 8 nitrogen and oxygen atoms in total. The first-order chi connectivity index (χ1) is 15.5. The molecule has 8 heteroatoms. The van der Waals surface area contributed by atoms with Gasteiger partial charge in [-0.15, -0.1) is 10.2 Å². The fraction of sp³-hybridized carbons (Fsp3) is 0.333. The molecule has 0 bridgehead atoms. The molecule has 0 radical (unpaired) electrons. The SMILES string of the molecule is CC(C)NC(=O)c1cccc2ccc(-c3nnc4ccc(CN5CCC(N)C5)cn34)nc12. The summed E-state index contributed by atoms with van der Waals surface area (Å²) in [6.45, 7) is 6.66. The van der Waals surface area contributed by atoms with E-state index in [4.69, 9.17) is 10.7 Å². The Balaban J connectivity index is 1.53. The largest absolute Gasteiger partial charge is 0.350 e. The number of nitrogens with one attached hydrogen (secondary N) is 1. The number of amides is 1. The second kappa shape index (κ2) is 8.29. The van der Waals surface area contributed by atoms with Gasteiger partial charge in [0.25, 0.3) is 5.91 Å². The highest BCUT2D eigenvalue weighted by Gasteiger charge is 2.20. The highest BCUT2D eigenvalue weighted by atomic mass is 16.1. The predicted molar refractivity (Wildman–Crippen MR) is 124 cm³/mol. The fourth-order valence-corrected chi connectivity index (χ4v) is 4.26. The van der Waals surface area contributed by atoms with E-state index >= 15 is 0 Å². The number of para-hydroxylation sites is 1. The van der Waals surface area contributed by atoms with E-state index in [1.807, 2.05) is 48.6 Å². The van der Waals surface area contributed by atoms with Crippen molar-refractivity contribution in [2.24, 2.45) is 5.73 Å². The maximum atomic E-state index is 12.7. The van der Waals surface area contributed by atoms with Crippen LogP contribution >= 0.6 is 0 Å². The van der Waals surface area contributed by atoms with Gasteiger partial charge >= 0.3 is 0 Å². The third-order valence-corrected chi connectivity index (χ3v) is 5.79. The van der Waals surface area contributed by atoms with Gasteiger partial charge in [0, 0.05) is 43.3 Å². The lowest BCUT2D eigenvalue weighted by atomic mass is 10.1. The van der Waals surface area contributed by atoms with Crippen LogP contribution in [0.2, 0.25) is 0 Å². The molecule has 1 aromatic carbocycles. The van der Waals surface area contributed by atoms with Crippen molar-refractivity contribution < 1.29 is 4.79 Å². The van der Waals surface area contributed by atoms with Gasteiger partial charge in [0.15, 0.2) is 11.5 Å². The van der Waals surface area contributed by atoms with Crippen LogP contribution in [0.1, 0.15) is 36.2 Å². The van der Waals surface area contributed by atoms with Crippen molar-refractivity contribution >= 4 is 22.5 Å². The monoisotopic (exact) mass is 429 g/mol. The summed E-state index contributed by atoms with van der Waals surface area (Å²) in [6, 6.07) is 13.9. The topological polar surface area (TPSA) is 101 Å². The lowest BCUT2D eigenvalue weighted by Crippen LogP contribution is -2.30. The summed E-state index contributed by atoms with van der Waals surface area (Å²) in [5.41, 5.74) is 9.87. The van der Waals surface area contributed by atoms with Crippen LogP contribution in [-0.4, -0.2) is 55.6 Å². The number of carbonyl (C=O) groups excluding carboxylic acids is 1. The molecule has 1 amide bonds. The number of hydrogen-bond donors (Lipinski definition) is 2. The normalized spacial score (nSPS) is 16.9. The first kappa shape index (κ1) is 20.5. The number of benzene rings is 1. The van der Waals surface area contributed by atoms with E-state index in [1.165, 1.54) is 5.56 Å². The molecule has 164 valence electrons. The van der Waals surface area contributed by atoms with Crippen LogP contribution in [-0.2, 0) is 6.54 Å². The van der Waals surface area contributed by atoms with E-state index in [1.54, 1.807) is 6.07 Å². The van der Waals surface area contributed by atoms with Crippen LogP contribution in [0.4, 0.5) is 0 Å². The second-order valence-electron chi connectivity index (χ2n) is 8.77. The van der Waals surface area contributed by atoms with Crippen molar-refractivity contribution in [1.82, 2.24) is 29.8 Å². The first-order valence-corrected chi connectivity index (χ1v) is 11.0. The smallest absolute Gasteiger partial charge is 0.253 e. The Bertz CT molecular complexity index is 1300. The number of nitrogens with zero attached hydrogens (tertiary/aromatic N) is 5. The number of hydrogen-bond acceptors (Lipinski definition) is 6. The number of nitrogens with two attached hydrogens (primary N) is 1. The molecule has 1 saturated heterocycles. The van der Waals surface area contributed by atoms with Crippen molar-refractivity contribution in [2.45, 2.75) is 38.9 Å². The van der Waals surface area contributed by atoms with Gasteiger partial charge in [-0.2, -0.15) is 0 Å². The highest BCUT2D eigenvalue weighted by molar-refractivity contribution is 6.05. The van der Waals surface area contributed by atoms with E-state index in [0.717, 1.165) is 37.1 Å². The third-order valence-electron chi connectivity index (χ3n) is 5.79. The molecule has 0 spiro atoms. The van der Waals surface area contributed by atoms with Crippen molar-refractivity contribution in [3.8, 4) is 11.5 Å². The molecule has 1 aliphatic heterocycles. The van der Waals surface area contributed by atoms with E-state index in [-0.39, 0.29) is 18.0 Å². The van der Waals surface area contributed by atoms with Crippen LogP contribution in [0.25, 0.3) is 28.1 Å². The predicted octanol–water partition coefficient (Wildman–Crippen LogP) is 2.62. The molecule has 3 aromatic heterocycles. The highest BCUT2D eigenvalue weighted by Crippen LogP contribution is 2.24. The molecule has 1 fully saturated rings. The fourth-order valence-electron chi connectivity index (χ4n) is 4.26. The number of fused-ring (bicyclic) bond motifs is 2. The Labute approximate surface area is 186 Å². The van der Waals surface area contributed by atoms with Crippen LogP contribution in [0.5, 0.6) is 0 Å². The number of likely N-dealkylation sites (tertiary alicyclic amines) is 1. The molecule has 0 aliphatic carbocycles. The third kappa shape index (κ3) is 3.94. The summed E-state index contributed by atoms with van der Waals surface area (Å²) >= 11 is 0. The van der Waals surface area contributed by atoms with Gasteiger partial charge in [-0.05, 0) is 44.0 Å². The Morgan fingerprint density at radius 1 is 1.19 bits per heavy atom. The summed E-state index contributed by atoms with van der Waals surface area (Å²) in [7, 11) is 0. The summed E-state index contributed by atoms with van der Waals surface area (Å²) in [4.78, 5) is 19.9. The maximum Gasteiger partial charge on any atom is 0.253 e. The number of rotatable bonds is 5. The lowest BCUT2D eigenvalue weighted by Gasteiger charge is -2.15. The molecule has 1 unspecified atom stereocenters. The van der Waals surface area contributed by atoms with Gasteiger partial charge in [-0.3, -0.25) is 14.1 Å². The van der Waals surface area contributed by atoms with Crippen LogP contribution in [0, 0.1) is 0 Å². The lowest BCUT2D eigenvalue weighted by molar-refractivity contribution is 0.0944. The quantitative estimate of drug-likeness (QED) is 0.506. The zero-order chi connectivity index (χ0) is 22.2. The van der Waals surface area contributed by atoms with Crippen LogP contribution in [0.15, 0.2) is 48.7 Å². The Hall–Kier alpha value is -3.36. The molecular weight excluding hydrogens is 402 g/mol. The van der Waals surface area contributed by atoms with Crippen molar-refractivity contribution in [3.63, 3.8) is 0 Å². The maximum absolute atomic E-state index is 12.7. The second-order valence-corrected chi connectivity index (χ2v) is 8.77. The van der Waals surface area contributed by atoms with Crippen LogP contribution < -0.4 is 11.1 Å². The minimum Gasteiger partial charge on any atom is -0.350 e. The molecule has 0 saturated carbocycles. The summed E-state index contributed by atoms with van der Waals surface area (Å²) in [6.07, 6.45) is 3.10.